The zero-order valence-electron chi connectivity index (χ0n) is 17.0. The van der Waals surface area contributed by atoms with Gasteiger partial charge in [-0.05, 0) is 5.56 Å². The molecule has 1 atom stereocenters. The highest BCUT2D eigenvalue weighted by atomic mass is 32.1. The first-order valence-electron chi connectivity index (χ1n) is 9.96. The van der Waals surface area contributed by atoms with E-state index in [2.05, 4.69) is 4.98 Å². The Bertz CT molecular complexity index is 1150. The lowest BCUT2D eigenvalue weighted by molar-refractivity contribution is -0.128. The minimum absolute atomic E-state index is 0.0140. The van der Waals surface area contributed by atoms with Crippen LogP contribution < -0.4 is 0 Å². The van der Waals surface area contributed by atoms with Crippen molar-refractivity contribution in [3.63, 3.8) is 0 Å². The van der Waals surface area contributed by atoms with E-state index in [1.165, 1.54) is 11.3 Å². The van der Waals surface area contributed by atoms with Gasteiger partial charge in [-0.3, -0.25) is 19.4 Å². The van der Waals surface area contributed by atoms with Crippen molar-refractivity contribution in [2.75, 3.05) is 6.61 Å². The Labute approximate surface area is 189 Å². The van der Waals surface area contributed by atoms with Gasteiger partial charge in [0.1, 0.15) is 6.61 Å². The number of hydrogen-bond donors (Lipinski definition) is 0. The fraction of sp³-hybridized carbons (Fsp3) is 0.0769. The molecule has 0 aliphatic carbocycles. The molecule has 158 valence electrons. The molecule has 0 N–H and O–H groups in total. The van der Waals surface area contributed by atoms with Gasteiger partial charge >= 0.3 is 0 Å². The molecule has 1 aromatic heterocycles. The largest absolute Gasteiger partial charge is 0.467 e. The van der Waals surface area contributed by atoms with Gasteiger partial charge < -0.3 is 4.74 Å². The lowest BCUT2D eigenvalue weighted by Crippen LogP contribution is -2.19. The molecule has 4 aromatic rings. The summed E-state index contributed by atoms with van der Waals surface area (Å²) < 4.78 is 5.13. The highest BCUT2D eigenvalue weighted by Gasteiger charge is 2.29. The van der Waals surface area contributed by atoms with Gasteiger partial charge in [-0.25, -0.2) is 0 Å². The SMILES string of the molecule is O=COCC(c1cncs1)c1c(C(=O)c2ccccc2)cccc1C(=O)c1ccccc1. The molecule has 1 heterocycles. The van der Waals surface area contributed by atoms with Gasteiger partial charge in [-0.15, -0.1) is 11.3 Å². The summed E-state index contributed by atoms with van der Waals surface area (Å²) in [6.45, 7) is 0.355. The van der Waals surface area contributed by atoms with Crippen LogP contribution in [-0.2, 0) is 9.53 Å². The van der Waals surface area contributed by atoms with Crippen molar-refractivity contribution >= 4 is 29.4 Å². The zero-order valence-corrected chi connectivity index (χ0v) is 17.8. The lowest BCUT2D eigenvalue weighted by atomic mass is 9.83. The van der Waals surface area contributed by atoms with Crippen LogP contribution in [0.1, 0.15) is 48.2 Å². The topological polar surface area (TPSA) is 73.3 Å². The van der Waals surface area contributed by atoms with E-state index in [-0.39, 0.29) is 18.2 Å². The fourth-order valence-electron chi connectivity index (χ4n) is 3.67. The maximum absolute atomic E-state index is 13.5. The third-order valence-corrected chi connectivity index (χ3v) is 6.03. The molecule has 5 nitrogen and oxygen atoms in total. The minimum Gasteiger partial charge on any atom is -0.467 e. The average Bonchev–Trinajstić information content (AvgIpc) is 3.39. The van der Waals surface area contributed by atoms with Gasteiger partial charge in [0.2, 0.25) is 0 Å². The molecule has 0 saturated heterocycles. The molecule has 0 amide bonds. The van der Waals surface area contributed by atoms with Crippen LogP contribution in [0.4, 0.5) is 0 Å². The number of carbonyl (C=O) groups excluding carboxylic acids is 3. The quantitative estimate of drug-likeness (QED) is 0.273. The normalized spacial score (nSPS) is 11.5. The maximum atomic E-state index is 13.5. The molecule has 1 unspecified atom stereocenters. The highest BCUT2D eigenvalue weighted by Crippen LogP contribution is 2.35. The van der Waals surface area contributed by atoms with E-state index in [0.29, 0.717) is 34.3 Å². The number of benzene rings is 3. The number of thiazole rings is 1. The molecule has 0 spiro atoms. The summed E-state index contributed by atoms with van der Waals surface area (Å²) in [7, 11) is 0. The molecule has 6 heteroatoms. The first-order chi connectivity index (χ1) is 15.7. The summed E-state index contributed by atoms with van der Waals surface area (Å²) >= 11 is 1.38. The first-order valence-corrected chi connectivity index (χ1v) is 10.8. The fourth-order valence-corrected chi connectivity index (χ4v) is 4.38. The first kappa shape index (κ1) is 21.3. The van der Waals surface area contributed by atoms with Crippen LogP contribution in [0, 0.1) is 0 Å². The van der Waals surface area contributed by atoms with Crippen molar-refractivity contribution in [2.45, 2.75) is 5.92 Å². The minimum atomic E-state index is -0.515. The van der Waals surface area contributed by atoms with Crippen LogP contribution >= 0.6 is 11.3 Å². The summed E-state index contributed by atoms with van der Waals surface area (Å²) in [5, 5.41) is 0. The second-order valence-corrected chi connectivity index (χ2v) is 7.96. The molecule has 0 radical (unpaired) electrons. The second kappa shape index (κ2) is 9.94. The molecule has 3 aromatic carbocycles. The van der Waals surface area contributed by atoms with Gasteiger partial charge in [0.15, 0.2) is 11.6 Å². The van der Waals surface area contributed by atoms with E-state index in [0.717, 1.165) is 4.88 Å². The van der Waals surface area contributed by atoms with Crippen molar-refractivity contribution in [2.24, 2.45) is 0 Å². The number of nitrogens with zero attached hydrogens (tertiary/aromatic N) is 1. The van der Waals surface area contributed by atoms with Crippen molar-refractivity contribution < 1.29 is 19.1 Å². The summed E-state index contributed by atoms with van der Waals surface area (Å²) in [5.41, 5.74) is 4.01. The smallest absolute Gasteiger partial charge is 0.293 e. The lowest BCUT2D eigenvalue weighted by Gasteiger charge is -2.21. The summed E-state index contributed by atoms with van der Waals surface area (Å²) in [4.78, 5) is 42.9. The van der Waals surface area contributed by atoms with Crippen LogP contribution in [0.2, 0.25) is 0 Å². The van der Waals surface area contributed by atoms with E-state index >= 15 is 0 Å². The molecule has 32 heavy (non-hydrogen) atoms. The number of carbonyl (C=O) groups is 3. The predicted octanol–water partition coefficient (Wildman–Crippen LogP) is 4.91. The van der Waals surface area contributed by atoms with Gasteiger partial charge in [0.05, 0.1) is 11.4 Å². The summed E-state index contributed by atoms with van der Waals surface area (Å²) in [6.07, 6.45) is 1.67. The molecular formula is C26H19NO4S. The van der Waals surface area contributed by atoms with Crippen LogP contribution in [0.3, 0.4) is 0 Å². The van der Waals surface area contributed by atoms with Crippen LogP contribution in [0.15, 0.2) is 90.6 Å². The van der Waals surface area contributed by atoms with Gasteiger partial charge in [-0.1, -0.05) is 78.9 Å². The summed E-state index contributed by atoms with van der Waals surface area (Å²) in [5.74, 6) is -0.924. The molecule has 0 bridgehead atoms. The molecule has 0 aliphatic rings. The Morgan fingerprint density at radius 1 is 0.844 bits per heavy atom. The average molecular weight is 442 g/mol. The van der Waals surface area contributed by atoms with E-state index in [1.54, 1.807) is 78.4 Å². The van der Waals surface area contributed by atoms with E-state index in [4.69, 9.17) is 4.74 Å². The monoisotopic (exact) mass is 441 g/mol. The Morgan fingerprint density at radius 3 is 1.88 bits per heavy atom. The van der Waals surface area contributed by atoms with Crippen LogP contribution in [-0.4, -0.2) is 29.6 Å². The number of ketones is 2. The molecule has 0 fully saturated rings. The van der Waals surface area contributed by atoms with Crippen molar-refractivity contribution in [3.8, 4) is 0 Å². The molecule has 0 aliphatic heterocycles. The Morgan fingerprint density at radius 2 is 1.41 bits per heavy atom. The molecule has 4 rings (SSSR count). The Balaban J connectivity index is 1.93. The number of ether oxygens (including phenoxy) is 1. The predicted molar refractivity (Wildman–Crippen MR) is 122 cm³/mol. The number of hydrogen-bond acceptors (Lipinski definition) is 6. The van der Waals surface area contributed by atoms with Gasteiger partial charge in [-0.2, -0.15) is 0 Å². The van der Waals surface area contributed by atoms with Crippen molar-refractivity contribution in [3.05, 3.63) is 123 Å². The van der Waals surface area contributed by atoms with Gasteiger partial charge in [0, 0.05) is 33.3 Å². The van der Waals surface area contributed by atoms with Crippen molar-refractivity contribution in [1.29, 1.82) is 0 Å². The van der Waals surface area contributed by atoms with Crippen LogP contribution in [0.25, 0.3) is 0 Å². The number of rotatable bonds is 9. The Hall–Kier alpha value is -3.90. The second-order valence-electron chi connectivity index (χ2n) is 7.04. The zero-order chi connectivity index (χ0) is 22.3. The van der Waals surface area contributed by atoms with Crippen LogP contribution in [0.5, 0.6) is 0 Å². The van der Waals surface area contributed by atoms with Gasteiger partial charge in [0.25, 0.3) is 6.47 Å². The van der Waals surface area contributed by atoms with E-state index < -0.39 is 5.92 Å². The van der Waals surface area contributed by atoms with E-state index in [1.807, 2.05) is 12.1 Å². The maximum Gasteiger partial charge on any atom is 0.293 e. The standard InChI is InChI=1S/C26H19NO4S/c28-17-31-15-22(23-14-27-16-32-23)24-20(25(29)18-8-3-1-4-9-18)12-7-13-21(24)26(30)19-10-5-2-6-11-19/h1-14,16-17,22H,15H2. The third-order valence-electron chi connectivity index (χ3n) is 5.14. The molecular weight excluding hydrogens is 422 g/mol. The van der Waals surface area contributed by atoms with E-state index in [9.17, 15) is 14.4 Å². The Kier molecular flexibility index (Phi) is 6.63. The van der Waals surface area contributed by atoms with Crippen molar-refractivity contribution in [1.82, 2.24) is 4.98 Å². The third kappa shape index (κ3) is 4.40. The summed E-state index contributed by atoms with van der Waals surface area (Å²) in [6, 6.07) is 22.9. The highest BCUT2D eigenvalue weighted by molar-refractivity contribution is 7.09. The molecule has 0 saturated carbocycles. The number of aromatic nitrogens is 1.